The maximum Gasteiger partial charge on any atom is 0.224 e. The predicted octanol–water partition coefficient (Wildman–Crippen LogP) is 2.37. The molecule has 0 atom stereocenters. The standard InChI is InChI=1S/C17H33N3O/c1-19(2)12-13-20(15-8-4-5-9-15)16(21)14-17(18)10-6-3-7-11-17/h15H,3-14,18H2,1-2H3. The van der Waals surface area contributed by atoms with Gasteiger partial charge >= 0.3 is 0 Å². The summed E-state index contributed by atoms with van der Waals surface area (Å²) in [5.74, 6) is 0.299. The quantitative estimate of drug-likeness (QED) is 0.818. The highest BCUT2D eigenvalue weighted by Gasteiger charge is 2.34. The first-order valence-electron chi connectivity index (χ1n) is 8.73. The van der Waals surface area contributed by atoms with Gasteiger partial charge in [-0.15, -0.1) is 0 Å². The smallest absolute Gasteiger partial charge is 0.224 e. The largest absolute Gasteiger partial charge is 0.338 e. The number of rotatable bonds is 6. The van der Waals surface area contributed by atoms with Gasteiger partial charge in [0.15, 0.2) is 0 Å². The molecule has 2 aliphatic carbocycles. The van der Waals surface area contributed by atoms with E-state index in [0.717, 1.165) is 25.9 Å². The van der Waals surface area contributed by atoms with Gasteiger partial charge in [-0.1, -0.05) is 32.1 Å². The molecule has 4 heteroatoms. The number of nitrogens with zero attached hydrogens (tertiary/aromatic N) is 2. The molecular formula is C17H33N3O. The van der Waals surface area contributed by atoms with Crippen molar-refractivity contribution in [3.05, 3.63) is 0 Å². The van der Waals surface area contributed by atoms with Crippen LogP contribution in [0.25, 0.3) is 0 Å². The minimum Gasteiger partial charge on any atom is -0.338 e. The van der Waals surface area contributed by atoms with Crippen molar-refractivity contribution in [1.82, 2.24) is 9.80 Å². The fourth-order valence-corrected chi connectivity index (χ4v) is 3.87. The molecule has 0 aromatic carbocycles. The molecule has 0 heterocycles. The summed E-state index contributed by atoms with van der Waals surface area (Å²) in [6, 6.07) is 0.463. The Kier molecular flexibility index (Phi) is 6.06. The van der Waals surface area contributed by atoms with E-state index < -0.39 is 0 Å². The number of carbonyl (C=O) groups is 1. The normalized spacial score (nSPS) is 22.7. The lowest BCUT2D eigenvalue weighted by molar-refractivity contribution is -0.135. The zero-order valence-corrected chi connectivity index (χ0v) is 13.9. The number of hydrogen-bond acceptors (Lipinski definition) is 3. The number of nitrogens with two attached hydrogens (primary N) is 1. The fraction of sp³-hybridized carbons (Fsp3) is 0.941. The lowest BCUT2D eigenvalue weighted by Gasteiger charge is -2.37. The molecule has 2 fully saturated rings. The Labute approximate surface area is 130 Å². The molecule has 0 saturated heterocycles. The Hall–Kier alpha value is -0.610. The van der Waals surface area contributed by atoms with E-state index >= 15 is 0 Å². The zero-order chi connectivity index (χ0) is 15.3. The van der Waals surface area contributed by atoms with Crippen LogP contribution in [0.2, 0.25) is 0 Å². The van der Waals surface area contributed by atoms with Gasteiger partial charge < -0.3 is 15.5 Å². The van der Waals surface area contributed by atoms with Gasteiger partial charge in [0, 0.05) is 31.1 Å². The van der Waals surface area contributed by atoms with E-state index in [1.54, 1.807) is 0 Å². The average molecular weight is 295 g/mol. The summed E-state index contributed by atoms with van der Waals surface area (Å²) >= 11 is 0. The second-order valence-corrected chi connectivity index (χ2v) is 7.43. The Morgan fingerprint density at radius 2 is 1.67 bits per heavy atom. The van der Waals surface area contributed by atoms with Gasteiger partial charge in [0.2, 0.25) is 5.91 Å². The van der Waals surface area contributed by atoms with E-state index in [2.05, 4.69) is 23.9 Å². The van der Waals surface area contributed by atoms with Crippen molar-refractivity contribution >= 4 is 5.91 Å². The molecule has 0 bridgehead atoms. The van der Waals surface area contributed by atoms with Crippen LogP contribution in [-0.2, 0) is 4.79 Å². The van der Waals surface area contributed by atoms with Crippen molar-refractivity contribution in [2.45, 2.75) is 75.8 Å². The molecule has 21 heavy (non-hydrogen) atoms. The Balaban J connectivity index is 1.95. The number of hydrogen-bond donors (Lipinski definition) is 1. The second-order valence-electron chi connectivity index (χ2n) is 7.43. The van der Waals surface area contributed by atoms with Crippen LogP contribution in [0.5, 0.6) is 0 Å². The summed E-state index contributed by atoms with van der Waals surface area (Å²) in [5.41, 5.74) is 6.26. The van der Waals surface area contributed by atoms with Crippen LogP contribution in [0.15, 0.2) is 0 Å². The molecule has 122 valence electrons. The average Bonchev–Trinajstić information content (AvgIpc) is 2.92. The third-order valence-electron chi connectivity index (χ3n) is 5.23. The number of carbonyl (C=O) groups excluding carboxylic acids is 1. The second kappa shape index (κ2) is 7.59. The first-order valence-corrected chi connectivity index (χ1v) is 8.73. The summed E-state index contributed by atoms with van der Waals surface area (Å²) in [6.07, 6.45) is 11.1. The van der Waals surface area contributed by atoms with E-state index in [9.17, 15) is 4.79 Å². The van der Waals surface area contributed by atoms with Gasteiger partial charge in [0.1, 0.15) is 0 Å². The topological polar surface area (TPSA) is 49.6 Å². The highest BCUT2D eigenvalue weighted by molar-refractivity contribution is 5.78. The molecule has 0 spiro atoms. The highest BCUT2D eigenvalue weighted by atomic mass is 16.2. The van der Waals surface area contributed by atoms with Crippen LogP contribution in [0.1, 0.15) is 64.2 Å². The molecule has 4 nitrogen and oxygen atoms in total. The molecule has 2 aliphatic rings. The van der Waals surface area contributed by atoms with Crippen LogP contribution < -0.4 is 5.73 Å². The minimum atomic E-state index is -0.232. The van der Waals surface area contributed by atoms with Crippen molar-refractivity contribution in [3.8, 4) is 0 Å². The lowest BCUT2D eigenvalue weighted by atomic mass is 9.80. The first-order chi connectivity index (χ1) is 10.0. The van der Waals surface area contributed by atoms with Crippen LogP contribution in [0.4, 0.5) is 0 Å². The van der Waals surface area contributed by atoms with Crippen molar-refractivity contribution in [3.63, 3.8) is 0 Å². The van der Waals surface area contributed by atoms with Crippen LogP contribution in [0.3, 0.4) is 0 Å². The zero-order valence-electron chi connectivity index (χ0n) is 13.9. The third-order valence-corrected chi connectivity index (χ3v) is 5.23. The van der Waals surface area contributed by atoms with E-state index in [1.165, 1.54) is 44.9 Å². The molecule has 0 aliphatic heterocycles. The predicted molar refractivity (Wildman–Crippen MR) is 87.1 cm³/mol. The van der Waals surface area contributed by atoms with Crippen molar-refractivity contribution in [1.29, 1.82) is 0 Å². The van der Waals surface area contributed by atoms with Gasteiger partial charge in [-0.3, -0.25) is 4.79 Å². The summed E-state index contributed by atoms with van der Waals surface area (Å²) in [4.78, 5) is 17.2. The molecule has 0 aromatic rings. The van der Waals surface area contributed by atoms with Crippen LogP contribution in [-0.4, -0.2) is 54.5 Å². The molecular weight excluding hydrogens is 262 g/mol. The Morgan fingerprint density at radius 3 is 2.24 bits per heavy atom. The van der Waals surface area contributed by atoms with Crippen LogP contribution >= 0.6 is 0 Å². The molecule has 2 N–H and O–H groups in total. The van der Waals surface area contributed by atoms with Gasteiger partial charge in [0.05, 0.1) is 0 Å². The summed E-state index contributed by atoms with van der Waals surface area (Å²) in [7, 11) is 4.14. The third kappa shape index (κ3) is 4.96. The lowest BCUT2D eigenvalue weighted by Crippen LogP contribution is -2.50. The van der Waals surface area contributed by atoms with E-state index in [4.69, 9.17) is 5.73 Å². The monoisotopic (exact) mass is 295 g/mol. The minimum absolute atomic E-state index is 0.232. The number of amides is 1. The van der Waals surface area contributed by atoms with Crippen molar-refractivity contribution < 1.29 is 4.79 Å². The maximum atomic E-state index is 12.8. The molecule has 0 radical (unpaired) electrons. The van der Waals surface area contributed by atoms with Gasteiger partial charge in [-0.05, 0) is 39.8 Å². The SMILES string of the molecule is CN(C)CCN(C(=O)CC1(N)CCCCC1)C1CCCC1. The van der Waals surface area contributed by atoms with E-state index in [1.807, 2.05) is 0 Å². The van der Waals surface area contributed by atoms with Crippen molar-refractivity contribution in [2.75, 3.05) is 27.2 Å². The van der Waals surface area contributed by atoms with Gasteiger partial charge in [0.25, 0.3) is 0 Å². The summed E-state index contributed by atoms with van der Waals surface area (Å²) in [5, 5.41) is 0. The first kappa shape index (κ1) is 16.8. The Morgan fingerprint density at radius 1 is 1.05 bits per heavy atom. The van der Waals surface area contributed by atoms with Gasteiger partial charge in [-0.2, -0.15) is 0 Å². The fourth-order valence-electron chi connectivity index (χ4n) is 3.87. The van der Waals surface area contributed by atoms with E-state index in [-0.39, 0.29) is 5.54 Å². The molecule has 2 rings (SSSR count). The van der Waals surface area contributed by atoms with Gasteiger partial charge in [-0.25, -0.2) is 0 Å². The van der Waals surface area contributed by atoms with E-state index in [0.29, 0.717) is 18.4 Å². The number of likely N-dealkylation sites (N-methyl/N-ethyl adjacent to an activating group) is 1. The van der Waals surface area contributed by atoms with Crippen molar-refractivity contribution in [2.24, 2.45) is 5.73 Å². The Bertz CT molecular complexity index is 331. The highest BCUT2D eigenvalue weighted by Crippen LogP contribution is 2.31. The van der Waals surface area contributed by atoms with Crippen LogP contribution in [0, 0.1) is 0 Å². The molecule has 0 aromatic heterocycles. The summed E-state index contributed by atoms with van der Waals surface area (Å²) < 4.78 is 0. The summed E-state index contributed by atoms with van der Waals surface area (Å²) in [6.45, 7) is 1.80. The molecule has 0 unspecified atom stereocenters. The maximum absolute atomic E-state index is 12.8. The molecule has 1 amide bonds. The molecule has 2 saturated carbocycles.